The first-order valence-corrected chi connectivity index (χ1v) is 8.61. The van der Waals surface area contributed by atoms with E-state index in [2.05, 4.69) is 4.98 Å². The van der Waals surface area contributed by atoms with Gasteiger partial charge in [-0.3, -0.25) is 9.59 Å². The minimum absolute atomic E-state index is 0.0192. The number of anilines is 1. The number of aromatic nitrogens is 2. The molecule has 0 fully saturated rings. The van der Waals surface area contributed by atoms with E-state index in [1.165, 1.54) is 4.90 Å². The van der Waals surface area contributed by atoms with Gasteiger partial charge in [0.15, 0.2) is 0 Å². The summed E-state index contributed by atoms with van der Waals surface area (Å²) in [6.45, 7) is 4.56. The average molecular weight is 349 g/mol. The number of aliphatic hydroxyl groups is 1. The molecule has 26 heavy (non-hydrogen) atoms. The predicted molar refractivity (Wildman–Crippen MR) is 98.5 cm³/mol. The summed E-state index contributed by atoms with van der Waals surface area (Å²) in [6, 6.07) is 12.2. The van der Waals surface area contributed by atoms with E-state index in [-0.39, 0.29) is 24.3 Å². The van der Waals surface area contributed by atoms with Crippen molar-refractivity contribution in [3.05, 3.63) is 59.4 Å². The molecule has 0 saturated heterocycles. The van der Waals surface area contributed by atoms with Crippen molar-refractivity contribution in [3.8, 4) is 0 Å². The van der Waals surface area contributed by atoms with Gasteiger partial charge in [-0.2, -0.15) is 0 Å². The molecular weight excluding hydrogens is 330 g/mol. The first kappa shape index (κ1) is 16.5. The zero-order valence-electron chi connectivity index (χ0n) is 14.6. The van der Waals surface area contributed by atoms with Gasteiger partial charge in [0.25, 0.3) is 11.8 Å². The molecule has 4 rings (SSSR count). The van der Waals surface area contributed by atoms with Crippen LogP contribution in [0.4, 0.5) is 5.69 Å². The minimum Gasteiger partial charge on any atom is -0.395 e. The highest BCUT2D eigenvalue weighted by Crippen LogP contribution is 2.31. The van der Waals surface area contributed by atoms with Gasteiger partial charge in [0.2, 0.25) is 0 Å². The highest BCUT2D eigenvalue weighted by Gasteiger charge is 2.36. The summed E-state index contributed by atoms with van der Waals surface area (Å²) in [7, 11) is 0. The third-order valence-corrected chi connectivity index (χ3v) is 4.65. The lowest BCUT2D eigenvalue weighted by atomic mass is 10.1. The van der Waals surface area contributed by atoms with Gasteiger partial charge in [-0.15, -0.1) is 0 Å². The molecular formula is C20H19N3O3. The molecule has 2 aromatic carbocycles. The van der Waals surface area contributed by atoms with Crippen LogP contribution in [-0.2, 0) is 6.54 Å². The number of benzene rings is 2. The second-order valence-electron chi connectivity index (χ2n) is 6.66. The summed E-state index contributed by atoms with van der Waals surface area (Å²) >= 11 is 0. The van der Waals surface area contributed by atoms with Crippen LogP contribution in [0.3, 0.4) is 0 Å². The molecule has 0 saturated carbocycles. The largest absolute Gasteiger partial charge is 0.395 e. The van der Waals surface area contributed by atoms with Crippen LogP contribution in [0.1, 0.15) is 46.3 Å². The number of fused-ring (bicyclic) bond motifs is 2. The second kappa shape index (κ2) is 6.07. The number of carbonyl (C=O) groups is 2. The smallest absolute Gasteiger partial charge is 0.266 e. The molecule has 6 heteroatoms. The molecule has 3 aromatic rings. The molecule has 1 N–H and O–H groups in total. The first-order valence-electron chi connectivity index (χ1n) is 8.61. The summed E-state index contributed by atoms with van der Waals surface area (Å²) in [6.07, 6.45) is 0. The van der Waals surface area contributed by atoms with E-state index in [1.54, 1.807) is 36.4 Å². The Morgan fingerprint density at radius 1 is 1.04 bits per heavy atom. The van der Waals surface area contributed by atoms with E-state index in [0.717, 1.165) is 11.3 Å². The summed E-state index contributed by atoms with van der Waals surface area (Å²) in [5.74, 6) is 0.429. The third kappa shape index (κ3) is 2.34. The number of rotatable bonds is 4. The van der Waals surface area contributed by atoms with E-state index in [0.29, 0.717) is 28.9 Å². The molecule has 2 heterocycles. The Morgan fingerprint density at radius 3 is 2.27 bits per heavy atom. The second-order valence-corrected chi connectivity index (χ2v) is 6.66. The van der Waals surface area contributed by atoms with Gasteiger partial charge in [-0.05, 0) is 30.3 Å². The molecule has 0 atom stereocenters. The van der Waals surface area contributed by atoms with E-state index in [4.69, 9.17) is 0 Å². The zero-order valence-corrected chi connectivity index (χ0v) is 14.6. The lowest BCUT2D eigenvalue weighted by Crippen LogP contribution is -2.29. The van der Waals surface area contributed by atoms with Gasteiger partial charge in [0, 0.05) is 12.5 Å². The van der Waals surface area contributed by atoms with Crippen LogP contribution in [0, 0.1) is 0 Å². The Morgan fingerprint density at radius 2 is 1.69 bits per heavy atom. The fourth-order valence-corrected chi connectivity index (χ4v) is 3.48. The molecule has 0 spiro atoms. The Bertz CT molecular complexity index is 1000. The zero-order chi connectivity index (χ0) is 18.4. The number of hydrogen-bond donors (Lipinski definition) is 1. The topological polar surface area (TPSA) is 75.4 Å². The maximum atomic E-state index is 12.7. The van der Waals surface area contributed by atoms with Crippen molar-refractivity contribution in [2.75, 3.05) is 11.5 Å². The van der Waals surface area contributed by atoms with Crippen molar-refractivity contribution in [2.45, 2.75) is 26.3 Å². The van der Waals surface area contributed by atoms with Crippen LogP contribution >= 0.6 is 0 Å². The van der Waals surface area contributed by atoms with Gasteiger partial charge in [0.1, 0.15) is 5.82 Å². The van der Waals surface area contributed by atoms with Crippen molar-refractivity contribution in [3.63, 3.8) is 0 Å². The molecule has 132 valence electrons. The monoisotopic (exact) mass is 349 g/mol. The number of amides is 2. The van der Waals surface area contributed by atoms with Crippen molar-refractivity contribution >= 4 is 28.5 Å². The van der Waals surface area contributed by atoms with E-state index < -0.39 is 0 Å². The fourth-order valence-electron chi connectivity index (χ4n) is 3.48. The lowest BCUT2D eigenvalue weighted by molar-refractivity contribution is 0.0926. The number of imide groups is 1. The number of aliphatic hydroxyl groups excluding tert-OH is 1. The molecule has 1 aromatic heterocycles. The highest BCUT2D eigenvalue weighted by atomic mass is 16.3. The fraction of sp³-hybridized carbons (Fsp3) is 0.250. The van der Waals surface area contributed by atoms with Crippen LogP contribution in [0.2, 0.25) is 0 Å². The molecule has 0 radical (unpaired) electrons. The highest BCUT2D eigenvalue weighted by molar-refractivity contribution is 6.34. The number of imidazole rings is 1. The Kier molecular flexibility index (Phi) is 3.85. The maximum Gasteiger partial charge on any atom is 0.266 e. The molecule has 1 aliphatic heterocycles. The minimum atomic E-state index is -0.316. The maximum absolute atomic E-state index is 12.7. The Hall–Kier alpha value is -2.99. The van der Waals surface area contributed by atoms with Crippen molar-refractivity contribution in [1.82, 2.24) is 9.55 Å². The van der Waals surface area contributed by atoms with Crippen LogP contribution in [0.5, 0.6) is 0 Å². The summed E-state index contributed by atoms with van der Waals surface area (Å²) in [5.41, 5.74) is 2.93. The van der Waals surface area contributed by atoms with Crippen LogP contribution in [0.15, 0.2) is 42.5 Å². The van der Waals surface area contributed by atoms with E-state index >= 15 is 0 Å². The molecule has 6 nitrogen and oxygen atoms in total. The van der Waals surface area contributed by atoms with E-state index in [9.17, 15) is 14.7 Å². The van der Waals surface area contributed by atoms with Gasteiger partial charge >= 0.3 is 0 Å². The van der Waals surface area contributed by atoms with Gasteiger partial charge in [0.05, 0.1) is 34.5 Å². The van der Waals surface area contributed by atoms with Gasteiger partial charge < -0.3 is 9.67 Å². The van der Waals surface area contributed by atoms with Gasteiger partial charge in [-0.25, -0.2) is 9.88 Å². The quantitative estimate of drug-likeness (QED) is 0.735. The van der Waals surface area contributed by atoms with Crippen molar-refractivity contribution in [1.29, 1.82) is 0 Å². The van der Waals surface area contributed by atoms with Crippen molar-refractivity contribution in [2.24, 2.45) is 0 Å². The van der Waals surface area contributed by atoms with Crippen molar-refractivity contribution < 1.29 is 14.7 Å². The normalized spacial score (nSPS) is 13.9. The molecule has 0 aliphatic carbocycles. The average Bonchev–Trinajstić information content (AvgIpc) is 3.11. The lowest BCUT2D eigenvalue weighted by Gasteiger charge is -2.14. The van der Waals surface area contributed by atoms with Crippen LogP contribution < -0.4 is 4.90 Å². The molecule has 2 amide bonds. The summed E-state index contributed by atoms with van der Waals surface area (Å²) in [5, 5.41) is 9.35. The summed E-state index contributed by atoms with van der Waals surface area (Å²) in [4.78, 5) is 31.2. The Balaban J connectivity index is 1.82. The standard InChI is InChI=1S/C20H19N3O3/c1-12(2)18-21-16-11-13(7-8-17(16)22(18)9-10-24)23-19(25)14-5-3-4-6-15(14)20(23)26/h3-8,11-12,24H,9-10H2,1-2H3. The predicted octanol–water partition coefficient (Wildman–Crippen LogP) is 2.95. The number of hydrogen-bond acceptors (Lipinski definition) is 4. The van der Waals surface area contributed by atoms with Crippen LogP contribution in [-0.4, -0.2) is 33.1 Å². The molecule has 0 bridgehead atoms. The van der Waals surface area contributed by atoms with E-state index in [1.807, 2.05) is 24.5 Å². The number of carbonyl (C=O) groups excluding carboxylic acids is 2. The summed E-state index contributed by atoms with van der Waals surface area (Å²) < 4.78 is 1.98. The SMILES string of the molecule is CC(C)c1nc2cc(N3C(=O)c4ccccc4C3=O)ccc2n1CCO. The first-order chi connectivity index (χ1) is 12.5. The van der Waals surface area contributed by atoms with Crippen LogP contribution in [0.25, 0.3) is 11.0 Å². The third-order valence-electron chi connectivity index (χ3n) is 4.65. The Labute approximate surface area is 150 Å². The molecule has 1 aliphatic rings. The number of nitrogens with zero attached hydrogens (tertiary/aromatic N) is 3. The van der Waals surface area contributed by atoms with Gasteiger partial charge in [-0.1, -0.05) is 26.0 Å². The molecule has 0 unspecified atom stereocenters.